The molecule has 0 spiro atoms. The summed E-state index contributed by atoms with van der Waals surface area (Å²) in [6.45, 7) is 2.02. The van der Waals surface area contributed by atoms with E-state index in [2.05, 4.69) is 0 Å². The van der Waals surface area contributed by atoms with Crippen LogP contribution in [0.1, 0.15) is 12.8 Å². The van der Waals surface area contributed by atoms with Gasteiger partial charge in [0.2, 0.25) is 0 Å². The molecule has 1 aliphatic rings. The number of quaternary nitrogens is 1. The predicted molar refractivity (Wildman–Crippen MR) is 44.1 cm³/mol. The molecule has 0 radical (unpaired) electrons. The Morgan fingerprint density at radius 1 is 1.33 bits per heavy atom. The molecule has 0 saturated carbocycles. The van der Waals surface area contributed by atoms with E-state index in [1.54, 1.807) is 14.2 Å². The third kappa shape index (κ3) is 1.77. The van der Waals surface area contributed by atoms with Crippen molar-refractivity contribution in [2.75, 3.05) is 34.2 Å². The van der Waals surface area contributed by atoms with Crippen LogP contribution in [0, 0.1) is 0 Å². The normalized spacial score (nSPS) is 27.8. The van der Waals surface area contributed by atoms with Gasteiger partial charge in [0, 0.05) is 27.1 Å². The van der Waals surface area contributed by atoms with Gasteiger partial charge in [-0.3, -0.25) is 4.48 Å². The number of nitrogens with zero attached hydrogens (tertiary/aromatic N) is 1. The molecule has 1 fully saturated rings. The van der Waals surface area contributed by atoms with Gasteiger partial charge in [0.05, 0.1) is 6.54 Å². The van der Waals surface area contributed by atoms with Gasteiger partial charge in [-0.1, -0.05) is 0 Å². The van der Waals surface area contributed by atoms with Gasteiger partial charge in [-0.15, -0.1) is 0 Å². The first kappa shape index (κ1) is 9.92. The van der Waals surface area contributed by atoms with Gasteiger partial charge in [-0.2, -0.15) is 0 Å². The molecule has 12 heavy (non-hydrogen) atoms. The second-order valence-corrected chi connectivity index (χ2v) is 3.40. The topological polar surface area (TPSA) is 38.7 Å². The zero-order chi connectivity index (χ0) is 9.03. The second kappa shape index (κ2) is 4.18. The Balaban J connectivity index is 2.57. The minimum atomic E-state index is -0.315. The molecule has 1 saturated heterocycles. The summed E-state index contributed by atoms with van der Waals surface area (Å²) >= 11 is 0. The first-order valence-corrected chi connectivity index (χ1v) is 4.27. The summed E-state index contributed by atoms with van der Waals surface area (Å²) < 4.78 is 10.7. The predicted octanol–water partition coefficient (Wildman–Crippen LogP) is 0.123. The van der Waals surface area contributed by atoms with Crippen LogP contribution in [-0.2, 0) is 9.47 Å². The number of likely N-dealkylation sites (tertiary alicyclic amines) is 1. The monoisotopic (exact) mass is 176 g/mol. The fraction of sp³-hybridized carbons (Fsp3) is 1.00. The third-order valence-corrected chi connectivity index (χ3v) is 2.47. The molecule has 1 heterocycles. The highest BCUT2D eigenvalue weighted by Crippen LogP contribution is 2.24. The molecular formula is C8H18NO3+. The summed E-state index contributed by atoms with van der Waals surface area (Å²) in [5, 5.41) is 9.71. The lowest BCUT2D eigenvalue weighted by Gasteiger charge is -2.35. The first-order valence-electron chi connectivity index (χ1n) is 4.27. The van der Waals surface area contributed by atoms with Crippen molar-refractivity contribution >= 4 is 0 Å². The summed E-state index contributed by atoms with van der Waals surface area (Å²) in [6, 6.07) is 0. The van der Waals surface area contributed by atoms with Crippen molar-refractivity contribution in [1.82, 2.24) is 0 Å². The standard InChI is InChI=1S/C8H18NO3/c1-11-6-9(7-12-2)5-3-4-8(9)10/h8,10H,3-7H2,1-2H3/q+1. The van der Waals surface area contributed by atoms with Crippen LogP contribution in [0.3, 0.4) is 0 Å². The van der Waals surface area contributed by atoms with Crippen LogP contribution in [0.25, 0.3) is 0 Å². The minimum Gasteiger partial charge on any atom is -0.345 e. The van der Waals surface area contributed by atoms with E-state index in [0.717, 1.165) is 19.4 Å². The molecule has 1 N–H and O–H groups in total. The molecular weight excluding hydrogens is 158 g/mol. The fourth-order valence-electron chi connectivity index (χ4n) is 1.86. The van der Waals surface area contributed by atoms with Crippen molar-refractivity contribution in [2.24, 2.45) is 0 Å². The van der Waals surface area contributed by atoms with Gasteiger partial charge in [-0.25, -0.2) is 0 Å². The smallest absolute Gasteiger partial charge is 0.194 e. The highest BCUT2D eigenvalue weighted by molar-refractivity contribution is 4.55. The van der Waals surface area contributed by atoms with E-state index in [0.29, 0.717) is 17.9 Å². The van der Waals surface area contributed by atoms with E-state index < -0.39 is 0 Å². The van der Waals surface area contributed by atoms with E-state index in [1.165, 1.54) is 0 Å². The van der Waals surface area contributed by atoms with Crippen molar-refractivity contribution in [3.05, 3.63) is 0 Å². The maximum Gasteiger partial charge on any atom is 0.194 e. The van der Waals surface area contributed by atoms with Gasteiger partial charge in [0.1, 0.15) is 0 Å². The summed E-state index contributed by atoms with van der Waals surface area (Å²) in [4.78, 5) is 0. The molecule has 0 aromatic heterocycles. The van der Waals surface area contributed by atoms with Gasteiger partial charge >= 0.3 is 0 Å². The Kier molecular flexibility index (Phi) is 3.46. The number of aliphatic hydroxyl groups excluding tert-OH is 1. The van der Waals surface area contributed by atoms with Crippen LogP contribution >= 0.6 is 0 Å². The maximum atomic E-state index is 9.71. The lowest BCUT2D eigenvalue weighted by atomic mass is 10.4. The molecule has 4 nitrogen and oxygen atoms in total. The fourth-order valence-corrected chi connectivity index (χ4v) is 1.86. The Morgan fingerprint density at radius 3 is 2.25 bits per heavy atom. The van der Waals surface area contributed by atoms with Gasteiger partial charge in [-0.05, 0) is 0 Å². The number of ether oxygens (including phenoxy) is 2. The van der Waals surface area contributed by atoms with Crippen molar-refractivity contribution < 1.29 is 19.1 Å². The molecule has 0 aromatic carbocycles. The lowest BCUT2D eigenvalue weighted by Crippen LogP contribution is -2.53. The molecule has 72 valence electrons. The largest absolute Gasteiger partial charge is 0.345 e. The Morgan fingerprint density at radius 2 is 1.92 bits per heavy atom. The van der Waals surface area contributed by atoms with Crippen molar-refractivity contribution in [3.8, 4) is 0 Å². The molecule has 4 heteroatoms. The first-order chi connectivity index (χ1) is 5.75. The average molecular weight is 176 g/mol. The Labute approximate surface area is 73.3 Å². The second-order valence-electron chi connectivity index (χ2n) is 3.40. The molecule has 0 amide bonds. The van der Waals surface area contributed by atoms with Crippen molar-refractivity contribution in [3.63, 3.8) is 0 Å². The van der Waals surface area contributed by atoms with E-state index in [-0.39, 0.29) is 6.23 Å². The summed E-state index contributed by atoms with van der Waals surface area (Å²) in [5.74, 6) is 0. The van der Waals surface area contributed by atoms with Crippen LogP contribution in [0.4, 0.5) is 0 Å². The number of aliphatic hydroxyl groups is 1. The molecule has 0 bridgehead atoms. The van der Waals surface area contributed by atoms with E-state index in [9.17, 15) is 5.11 Å². The van der Waals surface area contributed by atoms with Crippen molar-refractivity contribution in [2.45, 2.75) is 19.1 Å². The SMILES string of the molecule is COC[N+]1(COC)CCCC1O. The lowest BCUT2D eigenvalue weighted by molar-refractivity contribution is -0.989. The zero-order valence-electron chi connectivity index (χ0n) is 7.82. The molecule has 0 aromatic rings. The quantitative estimate of drug-likeness (QED) is 0.618. The number of methoxy groups -OCH3 is 2. The molecule has 0 aliphatic carbocycles. The van der Waals surface area contributed by atoms with Crippen LogP contribution < -0.4 is 0 Å². The van der Waals surface area contributed by atoms with Gasteiger partial charge < -0.3 is 14.6 Å². The molecule has 1 rings (SSSR count). The Hall–Kier alpha value is -0.160. The van der Waals surface area contributed by atoms with Gasteiger partial charge in [0.25, 0.3) is 0 Å². The molecule has 1 aliphatic heterocycles. The third-order valence-electron chi connectivity index (χ3n) is 2.47. The van der Waals surface area contributed by atoms with Crippen LogP contribution in [0.5, 0.6) is 0 Å². The van der Waals surface area contributed by atoms with E-state index >= 15 is 0 Å². The van der Waals surface area contributed by atoms with E-state index in [4.69, 9.17) is 9.47 Å². The van der Waals surface area contributed by atoms with Gasteiger partial charge in [0.15, 0.2) is 19.7 Å². The molecule has 1 atom stereocenters. The highest BCUT2D eigenvalue weighted by Gasteiger charge is 2.40. The van der Waals surface area contributed by atoms with Crippen LogP contribution in [0.15, 0.2) is 0 Å². The summed E-state index contributed by atoms with van der Waals surface area (Å²) in [6.07, 6.45) is 1.59. The minimum absolute atomic E-state index is 0.315. The molecule has 1 unspecified atom stereocenters. The number of hydrogen-bond donors (Lipinski definition) is 1. The number of rotatable bonds is 4. The Bertz CT molecular complexity index is 134. The number of hydrogen-bond acceptors (Lipinski definition) is 3. The highest BCUT2D eigenvalue weighted by atomic mass is 16.5. The van der Waals surface area contributed by atoms with E-state index in [1.807, 2.05) is 0 Å². The zero-order valence-corrected chi connectivity index (χ0v) is 7.82. The summed E-state index contributed by atoms with van der Waals surface area (Å²) in [5.41, 5.74) is 0. The maximum absolute atomic E-state index is 9.71. The van der Waals surface area contributed by atoms with Crippen molar-refractivity contribution in [1.29, 1.82) is 0 Å². The average Bonchev–Trinajstić information content (AvgIpc) is 2.35. The van der Waals surface area contributed by atoms with Crippen LogP contribution in [0.2, 0.25) is 0 Å². The summed E-state index contributed by atoms with van der Waals surface area (Å²) in [7, 11) is 3.31. The van der Waals surface area contributed by atoms with Crippen LogP contribution in [-0.4, -0.2) is 50.0 Å².